The van der Waals surface area contributed by atoms with Gasteiger partial charge < -0.3 is 9.26 Å². The fourth-order valence-corrected chi connectivity index (χ4v) is 1.19. The van der Waals surface area contributed by atoms with Gasteiger partial charge in [-0.15, -0.1) is 0 Å². The SMILES string of the molecule is CCc1noc(COc2cccc(F)c2)n1. The Bertz CT molecular complexity index is 471. The molecule has 0 unspecified atom stereocenters. The third-order valence-electron chi connectivity index (χ3n) is 1.98. The Hall–Kier alpha value is -1.91. The average Bonchev–Trinajstić information content (AvgIpc) is 2.74. The molecule has 0 amide bonds. The quantitative estimate of drug-likeness (QED) is 0.796. The van der Waals surface area contributed by atoms with E-state index in [0.29, 0.717) is 23.9 Å². The molecular weight excluding hydrogens is 211 g/mol. The zero-order valence-corrected chi connectivity index (χ0v) is 8.81. The minimum atomic E-state index is -0.336. The molecule has 0 aliphatic rings. The Balaban J connectivity index is 1.96. The van der Waals surface area contributed by atoms with Crippen LogP contribution in [-0.4, -0.2) is 10.1 Å². The van der Waals surface area contributed by atoms with Crippen LogP contribution in [0.5, 0.6) is 5.75 Å². The van der Waals surface area contributed by atoms with Gasteiger partial charge in [0.05, 0.1) is 0 Å². The van der Waals surface area contributed by atoms with Crippen LogP contribution in [0.15, 0.2) is 28.8 Å². The summed E-state index contributed by atoms with van der Waals surface area (Å²) in [6, 6.07) is 5.90. The second-order valence-electron chi connectivity index (χ2n) is 3.20. The summed E-state index contributed by atoms with van der Waals surface area (Å²) in [6.07, 6.45) is 0.712. The van der Waals surface area contributed by atoms with E-state index in [9.17, 15) is 4.39 Å². The van der Waals surface area contributed by atoms with Gasteiger partial charge in [0.25, 0.3) is 5.89 Å². The molecule has 16 heavy (non-hydrogen) atoms. The molecule has 0 spiro atoms. The van der Waals surface area contributed by atoms with Crippen LogP contribution < -0.4 is 4.74 Å². The normalized spacial score (nSPS) is 10.4. The molecule has 0 saturated carbocycles. The van der Waals surface area contributed by atoms with Crippen molar-refractivity contribution in [1.82, 2.24) is 10.1 Å². The van der Waals surface area contributed by atoms with Crippen molar-refractivity contribution in [2.24, 2.45) is 0 Å². The number of ether oxygens (including phenoxy) is 1. The second-order valence-corrected chi connectivity index (χ2v) is 3.20. The van der Waals surface area contributed by atoms with Crippen molar-refractivity contribution in [3.63, 3.8) is 0 Å². The van der Waals surface area contributed by atoms with Crippen LogP contribution in [0, 0.1) is 5.82 Å². The largest absolute Gasteiger partial charge is 0.484 e. The van der Waals surface area contributed by atoms with Crippen LogP contribution in [0.3, 0.4) is 0 Å². The summed E-state index contributed by atoms with van der Waals surface area (Å²) < 4.78 is 23.0. The maximum atomic E-state index is 12.8. The van der Waals surface area contributed by atoms with E-state index in [1.165, 1.54) is 12.1 Å². The predicted octanol–water partition coefficient (Wildman–Crippen LogP) is 2.35. The molecule has 0 aliphatic carbocycles. The Morgan fingerprint density at radius 1 is 1.44 bits per heavy atom. The van der Waals surface area contributed by atoms with Crippen LogP contribution in [0.4, 0.5) is 4.39 Å². The molecule has 4 nitrogen and oxygen atoms in total. The lowest BCUT2D eigenvalue weighted by Crippen LogP contribution is -1.96. The lowest BCUT2D eigenvalue weighted by molar-refractivity contribution is 0.241. The van der Waals surface area contributed by atoms with E-state index in [-0.39, 0.29) is 12.4 Å². The van der Waals surface area contributed by atoms with E-state index >= 15 is 0 Å². The van der Waals surface area contributed by atoms with Crippen LogP contribution in [-0.2, 0) is 13.0 Å². The van der Waals surface area contributed by atoms with Crippen molar-refractivity contribution in [2.75, 3.05) is 0 Å². The van der Waals surface area contributed by atoms with E-state index in [1.807, 2.05) is 6.92 Å². The van der Waals surface area contributed by atoms with Crippen molar-refractivity contribution < 1.29 is 13.7 Å². The summed E-state index contributed by atoms with van der Waals surface area (Å²) in [6.45, 7) is 2.08. The van der Waals surface area contributed by atoms with E-state index < -0.39 is 0 Å². The molecule has 0 fully saturated rings. The van der Waals surface area contributed by atoms with Crippen molar-refractivity contribution in [2.45, 2.75) is 20.0 Å². The maximum absolute atomic E-state index is 12.8. The Morgan fingerprint density at radius 2 is 2.31 bits per heavy atom. The fraction of sp³-hybridized carbons (Fsp3) is 0.273. The Labute approximate surface area is 92.0 Å². The first kappa shape index (κ1) is 10.6. The molecule has 1 aromatic heterocycles. The van der Waals surface area contributed by atoms with Crippen molar-refractivity contribution in [1.29, 1.82) is 0 Å². The number of halogens is 1. The minimum Gasteiger partial charge on any atom is -0.484 e. The molecule has 0 aliphatic heterocycles. The lowest BCUT2D eigenvalue weighted by atomic mass is 10.3. The van der Waals surface area contributed by atoms with Gasteiger partial charge >= 0.3 is 0 Å². The van der Waals surface area contributed by atoms with Crippen LogP contribution in [0.25, 0.3) is 0 Å². The third-order valence-corrected chi connectivity index (χ3v) is 1.98. The fourth-order valence-electron chi connectivity index (χ4n) is 1.19. The standard InChI is InChI=1S/C11H11FN2O2/c1-2-10-13-11(16-14-10)7-15-9-5-3-4-8(12)6-9/h3-6H,2,7H2,1H3. The molecular formula is C11H11FN2O2. The molecule has 2 aromatic rings. The van der Waals surface area contributed by atoms with Crippen LogP contribution in [0.2, 0.25) is 0 Å². The molecule has 0 bridgehead atoms. The summed E-state index contributed by atoms with van der Waals surface area (Å²) in [5.41, 5.74) is 0. The van der Waals surface area contributed by atoms with Gasteiger partial charge in [0.15, 0.2) is 12.4 Å². The average molecular weight is 222 g/mol. The highest BCUT2D eigenvalue weighted by Crippen LogP contribution is 2.13. The van der Waals surface area contributed by atoms with Gasteiger partial charge in [-0.1, -0.05) is 18.1 Å². The first-order valence-electron chi connectivity index (χ1n) is 4.97. The summed E-state index contributed by atoms with van der Waals surface area (Å²) in [5.74, 6) is 1.13. The number of rotatable bonds is 4. The van der Waals surface area contributed by atoms with Gasteiger partial charge in [0, 0.05) is 12.5 Å². The van der Waals surface area contributed by atoms with E-state index in [4.69, 9.17) is 9.26 Å². The minimum absolute atomic E-state index is 0.149. The zero-order valence-electron chi connectivity index (χ0n) is 8.81. The molecule has 1 aromatic carbocycles. The summed E-state index contributed by atoms with van der Waals surface area (Å²) in [4.78, 5) is 4.07. The second kappa shape index (κ2) is 4.74. The van der Waals surface area contributed by atoms with Gasteiger partial charge in [0.2, 0.25) is 0 Å². The highest BCUT2D eigenvalue weighted by atomic mass is 19.1. The summed E-state index contributed by atoms with van der Waals surface area (Å²) in [7, 11) is 0. The van der Waals surface area contributed by atoms with Gasteiger partial charge in [-0.3, -0.25) is 0 Å². The van der Waals surface area contributed by atoms with Gasteiger partial charge in [-0.25, -0.2) is 4.39 Å². The van der Waals surface area contributed by atoms with Crippen molar-refractivity contribution >= 4 is 0 Å². The van der Waals surface area contributed by atoms with Crippen molar-refractivity contribution in [3.8, 4) is 5.75 Å². The smallest absolute Gasteiger partial charge is 0.264 e. The molecule has 5 heteroatoms. The van der Waals surface area contributed by atoms with Gasteiger partial charge in [0.1, 0.15) is 11.6 Å². The van der Waals surface area contributed by atoms with Gasteiger partial charge in [-0.2, -0.15) is 4.98 Å². The number of hydrogen-bond acceptors (Lipinski definition) is 4. The number of aromatic nitrogens is 2. The van der Waals surface area contributed by atoms with Crippen molar-refractivity contribution in [3.05, 3.63) is 41.8 Å². The van der Waals surface area contributed by atoms with E-state index in [1.54, 1.807) is 12.1 Å². The van der Waals surface area contributed by atoms with Gasteiger partial charge in [-0.05, 0) is 12.1 Å². The molecule has 0 saturated heterocycles. The summed E-state index contributed by atoms with van der Waals surface area (Å²) >= 11 is 0. The first-order valence-corrected chi connectivity index (χ1v) is 4.97. The number of aryl methyl sites for hydroxylation is 1. The molecule has 0 radical (unpaired) electrons. The number of nitrogens with zero attached hydrogens (tertiary/aromatic N) is 2. The molecule has 0 N–H and O–H groups in total. The summed E-state index contributed by atoms with van der Waals surface area (Å²) in [5, 5.41) is 3.72. The number of hydrogen-bond donors (Lipinski definition) is 0. The lowest BCUT2D eigenvalue weighted by Gasteiger charge is -2.01. The monoisotopic (exact) mass is 222 g/mol. The zero-order chi connectivity index (χ0) is 11.4. The molecule has 2 rings (SSSR count). The highest BCUT2D eigenvalue weighted by Gasteiger charge is 2.05. The van der Waals surface area contributed by atoms with E-state index in [2.05, 4.69) is 10.1 Å². The van der Waals surface area contributed by atoms with Crippen LogP contribution >= 0.6 is 0 Å². The first-order chi connectivity index (χ1) is 7.78. The number of benzene rings is 1. The molecule has 84 valence electrons. The topological polar surface area (TPSA) is 48.2 Å². The molecule has 1 heterocycles. The Kier molecular flexibility index (Phi) is 3.14. The third kappa shape index (κ3) is 2.56. The predicted molar refractivity (Wildman–Crippen MR) is 54.4 cm³/mol. The highest BCUT2D eigenvalue weighted by molar-refractivity contribution is 5.22. The molecule has 0 atom stereocenters. The van der Waals surface area contributed by atoms with E-state index in [0.717, 1.165) is 0 Å². The van der Waals surface area contributed by atoms with Crippen LogP contribution in [0.1, 0.15) is 18.6 Å². The Morgan fingerprint density at radius 3 is 3.00 bits per heavy atom. The maximum Gasteiger partial charge on any atom is 0.264 e.